The zero-order valence-corrected chi connectivity index (χ0v) is 8.55. The molecule has 0 amide bonds. The van der Waals surface area contributed by atoms with Gasteiger partial charge in [-0.25, -0.2) is 0 Å². The van der Waals surface area contributed by atoms with Crippen LogP contribution in [0.2, 0.25) is 0 Å². The maximum atomic E-state index is 6.01. The van der Waals surface area contributed by atoms with Crippen LogP contribution in [0.4, 0.5) is 0 Å². The molecular weight excluding hydrogens is 146 g/mol. The highest BCUT2D eigenvalue weighted by atomic mass is 14.6. The Hall–Kier alpha value is -0.300. The van der Waals surface area contributed by atoms with E-state index in [0.29, 0.717) is 12.0 Å². The summed E-state index contributed by atoms with van der Waals surface area (Å²) in [5.41, 5.74) is 6.01. The van der Waals surface area contributed by atoms with E-state index < -0.39 is 0 Å². The first kappa shape index (κ1) is 11.7. The first-order chi connectivity index (χ1) is 5.72. The topological polar surface area (TPSA) is 26.0 Å². The Labute approximate surface area is 77.0 Å². The second kappa shape index (κ2) is 7.35. The summed E-state index contributed by atoms with van der Waals surface area (Å²) in [4.78, 5) is 0. The van der Waals surface area contributed by atoms with Crippen molar-refractivity contribution in [1.82, 2.24) is 0 Å². The van der Waals surface area contributed by atoms with Gasteiger partial charge in [-0.3, -0.25) is 0 Å². The molecule has 0 bridgehead atoms. The molecule has 2 atom stereocenters. The zero-order chi connectivity index (χ0) is 9.40. The highest BCUT2D eigenvalue weighted by Crippen LogP contribution is 2.13. The average Bonchev–Trinajstić information content (AvgIpc) is 2.05. The molecule has 0 aliphatic carbocycles. The van der Waals surface area contributed by atoms with E-state index in [1.807, 2.05) is 6.08 Å². The normalized spacial score (nSPS) is 15.6. The van der Waals surface area contributed by atoms with E-state index in [9.17, 15) is 0 Å². The van der Waals surface area contributed by atoms with Gasteiger partial charge in [-0.15, -0.1) is 6.58 Å². The second-order valence-electron chi connectivity index (χ2n) is 3.65. The molecule has 0 heterocycles. The highest BCUT2D eigenvalue weighted by molar-refractivity contribution is 4.72. The molecule has 2 N–H and O–H groups in total. The van der Waals surface area contributed by atoms with Crippen LogP contribution in [0.1, 0.15) is 46.0 Å². The molecule has 0 aromatic heterocycles. The molecule has 0 fully saturated rings. The fourth-order valence-corrected chi connectivity index (χ4v) is 1.45. The van der Waals surface area contributed by atoms with Crippen LogP contribution in [0.25, 0.3) is 0 Å². The molecule has 0 aliphatic rings. The van der Waals surface area contributed by atoms with Gasteiger partial charge in [0.05, 0.1) is 0 Å². The number of unbranched alkanes of at least 4 members (excludes halogenated alkanes) is 1. The minimum Gasteiger partial charge on any atom is -0.327 e. The van der Waals surface area contributed by atoms with Gasteiger partial charge in [0, 0.05) is 6.04 Å². The molecule has 0 aromatic carbocycles. The molecule has 0 spiro atoms. The van der Waals surface area contributed by atoms with E-state index in [4.69, 9.17) is 5.73 Å². The van der Waals surface area contributed by atoms with Gasteiger partial charge in [0.2, 0.25) is 0 Å². The molecule has 0 saturated carbocycles. The molecule has 0 rings (SSSR count). The van der Waals surface area contributed by atoms with E-state index in [2.05, 4.69) is 20.4 Å². The van der Waals surface area contributed by atoms with Gasteiger partial charge in [0.1, 0.15) is 0 Å². The Morgan fingerprint density at radius 1 is 1.42 bits per heavy atom. The Bertz CT molecular complexity index is 110. The predicted molar refractivity (Wildman–Crippen MR) is 56.1 cm³/mol. The van der Waals surface area contributed by atoms with E-state index in [1.54, 1.807) is 0 Å². The molecule has 2 unspecified atom stereocenters. The SMILES string of the molecule is C=CCCCC(N)C(C)CCC. The van der Waals surface area contributed by atoms with Crippen LogP contribution in [0.5, 0.6) is 0 Å². The van der Waals surface area contributed by atoms with E-state index in [1.165, 1.54) is 19.3 Å². The van der Waals surface area contributed by atoms with Crippen molar-refractivity contribution < 1.29 is 0 Å². The van der Waals surface area contributed by atoms with Crippen LogP contribution in [0, 0.1) is 5.92 Å². The fraction of sp³-hybridized carbons (Fsp3) is 0.818. The number of allylic oxidation sites excluding steroid dienone is 1. The van der Waals surface area contributed by atoms with Crippen molar-refractivity contribution in [3.05, 3.63) is 12.7 Å². The van der Waals surface area contributed by atoms with Crippen molar-refractivity contribution in [2.45, 2.75) is 52.0 Å². The summed E-state index contributed by atoms with van der Waals surface area (Å²) >= 11 is 0. The van der Waals surface area contributed by atoms with Crippen LogP contribution in [-0.2, 0) is 0 Å². The summed E-state index contributed by atoms with van der Waals surface area (Å²) in [6.07, 6.45) is 7.92. The first-order valence-corrected chi connectivity index (χ1v) is 5.08. The fourth-order valence-electron chi connectivity index (χ4n) is 1.45. The molecule has 0 saturated heterocycles. The first-order valence-electron chi connectivity index (χ1n) is 5.08. The summed E-state index contributed by atoms with van der Waals surface area (Å²) in [6, 6.07) is 0.393. The Balaban J connectivity index is 3.41. The van der Waals surface area contributed by atoms with Gasteiger partial charge in [-0.2, -0.15) is 0 Å². The molecule has 12 heavy (non-hydrogen) atoms. The van der Waals surface area contributed by atoms with Gasteiger partial charge in [0.15, 0.2) is 0 Å². The van der Waals surface area contributed by atoms with Crippen LogP contribution >= 0.6 is 0 Å². The van der Waals surface area contributed by atoms with Crippen molar-refractivity contribution in [1.29, 1.82) is 0 Å². The monoisotopic (exact) mass is 169 g/mol. The summed E-state index contributed by atoms with van der Waals surface area (Å²) in [7, 11) is 0. The molecule has 1 nitrogen and oxygen atoms in total. The Morgan fingerprint density at radius 2 is 2.08 bits per heavy atom. The van der Waals surface area contributed by atoms with Crippen molar-refractivity contribution in [3.63, 3.8) is 0 Å². The average molecular weight is 169 g/mol. The van der Waals surface area contributed by atoms with Crippen LogP contribution in [-0.4, -0.2) is 6.04 Å². The Kier molecular flexibility index (Phi) is 7.17. The van der Waals surface area contributed by atoms with Crippen molar-refractivity contribution in [2.75, 3.05) is 0 Å². The minimum atomic E-state index is 0.393. The Morgan fingerprint density at radius 3 is 2.58 bits per heavy atom. The number of rotatable bonds is 7. The number of hydrogen-bond acceptors (Lipinski definition) is 1. The van der Waals surface area contributed by atoms with E-state index in [0.717, 1.165) is 12.8 Å². The third-order valence-electron chi connectivity index (χ3n) is 2.42. The van der Waals surface area contributed by atoms with Gasteiger partial charge >= 0.3 is 0 Å². The molecule has 0 aliphatic heterocycles. The third kappa shape index (κ3) is 5.36. The van der Waals surface area contributed by atoms with Gasteiger partial charge in [-0.1, -0.05) is 26.3 Å². The van der Waals surface area contributed by atoms with E-state index in [-0.39, 0.29) is 0 Å². The van der Waals surface area contributed by atoms with Gasteiger partial charge < -0.3 is 5.73 Å². The summed E-state index contributed by atoms with van der Waals surface area (Å²) < 4.78 is 0. The van der Waals surface area contributed by atoms with E-state index >= 15 is 0 Å². The largest absolute Gasteiger partial charge is 0.327 e. The standard InChI is InChI=1S/C11H23N/c1-4-6-7-9-11(12)10(3)8-5-2/h4,10-11H,1,5-9,12H2,2-3H3. The lowest BCUT2D eigenvalue weighted by molar-refractivity contribution is 0.396. The van der Waals surface area contributed by atoms with Gasteiger partial charge in [0.25, 0.3) is 0 Å². The van der Waals surface area contributed by atoms with Crippen LogP contribution in [0.3, 0.4) is 0 Å². The zero-order valence-electron chi connectivity index (χ0n) is 8.55. The number of nitrogens with two attached hydrogens (primary N) is 1. The molecule has 1 heteroatoms. The van der Waals surface area contributed by atoms with Crippen molar-refractivity contribution >= 4 is 0 Å². The second-order valence-corrected chi connectivity index (χ2v) is 3.65. The molecule has 72 valence electrons. The minimum absolute atomic E-state index is 0.393. The van der Waals surface area contributed by atoms with Crippen molar-refractivity contribution in [3.8, 4) is 0 Å². The smallest absolute Gasteiger partial charge is 0.00646 e. The summed E-state index contributed by atoms with van der Waals surface area (Å²) in [5.74, 6) is 0.680. The van der Waals surface area contributed by atoms with Crippen LogP contribution < -0.4 is 5.73 Å². The molecule has 0 radical (unpaired) electrons. The maximum Gasteiger partial charge on any atom is 0.00646 e. The predicted octanol–water partition coefficient (Wildman–Crippen LogP) is 3.11. The lowest BCUT2D eigenvalue weighted by atomic mass is 9.94. The molecule has 0 aromatic rings. The van der Waals surface area contributed by atoms with Crippen LogP contribution in [0.15, 0.2) is 12.7 Å². The quantitative estimate of drug-likeness (QED) is 0.460. The maximum absolute atomic E-state index is 6.01. The van der Waals surface area contributed by atoms with Crippen molar-refractivity contribution in [2.24, 2.45) is 11.7 Å². The lowest BCUT2D eigenvalue weighted by Crippen LogP contribution is -2.27. The molecular formula is C11H23N. The summed E-state index contributed by atoms with van der Waals surface area (Å²) in [5, 5.41) is 0. The lowest BCUT2D eigenvalue weighted by Gasteiger charge is -2.18. The third-order valence-corrected chi connectivity index (χ3v) is 2.42. The highest BCUT2D eigenvalue weighted by Gasteiger charge is 2.10. The summed E-state index contributed by atoms with van der Waals surface area (Å²) in [6.45, 7) is 8.17. The van der Waals surface area contributed by atoms with Gasteiger partial charge in [-0.05, 0) is 31.6 Å². The number of hydrogen-bond donors (Lipinski definition) is 1.